The van der Waals surface area contributed by atoms with Gasteiger partial charge in [-0.1, -0.05) is 19.3 Å². The largest absolute Gasteiger partial charge is 0.451 e. The van der Waals surface area contributed by atoms with Crippen molar-refractivity contribution in [2.24, 2.45) is 0 Å². The molecule has 10 nitrogen and oxygen atoms in total. The lowest BCUT2D eigenvalue weighted by Crippen LogP contribution is -2.48. The van der Waals surface area contributed by atoms with Crippen LogP contribution in [0, 0.1) is 0 Å². The molecule has 1 heterocycles. The molecular formula is C16H24N4O6. The van der Waals surface area contributed by atoms with Crippen molar-refractivity contribution in [3.05, 3.63) is 0 Å². The van der Waals surface area contributed by atoms with E-state index in [1.807, 2.05) is 0 Å². The molecule has 0 radical (unpaired) electrons. The summed E-state index contributed by atoms with van der Waals surface area (Å²) in [5.74, 6) is -2.20. The second-order valence-corrected chi connectivity index (χ2v) is 6.55. The minimum atomic E-state index is -1.23. The monoisotopic (exact) mass is 368 g/mol. The molecule has 0 bridgehead atoms. The molecule has 0 aromatic rings. The van der Waals surface area contributed by atoms with Crippen molar-refractivity contribution in [1.29, 1.82) is 0 Å². The second kappa shape index (κ2) is 8.63. The predicted octanol–water partition coefficient (Wildman–Crippen LogP) is -0.0294. The Labute approximate surface area is 151 Å². The van der Waals surface area contributed by atoms with Crippen molar-refractivity contribution in [2.75, 3.05) is 20.1 Å². The Hall–Kier alpha value is -2.65. The number of hydrogen-bond donors (Lipinski definition) is 2. The van der Waals surface area contributed by atoms with Crippen LogP contribution in [0.15, 0.2) is 0 Å². The summed E-state index contributed by atoms with van der Waals surface area (Å²) in [7, 11) is 1.44. The summed E-state index contributed by atoms with van der Waals surface area (Å²) in [6.07, 6.45) is 3.73. The molecule has 0 aromatic carbocycles. The van der Waals surface area contributed by atoms with E-state index in [0.717, 1.165) is 37.0 Å². The molecule has 0 aromatic heterocycles. The molecule has 26 heavy (non-hydrogen) atoms. The van der Waals surface area contributed by atoms with Gasteiger partial charge in [-0.15, -0.1) is 0 Å². The Morgan fingerprint density at radius 2 is 1.85 bits per heavy atom. The van der Waals surface area contributed by atoms with Gasteiger partial charge >= 0.3 is 18.0 Å². The number of carbonyl (C=O) groups excluding carboxylic acids is 5. The van der Waals surface area contributed by atoms with Crippen molar-refractivity contribution in [3.8, 4) is 0 Å². The van der Waals surface area contributed by atoms with Crippen molar-refractivity contribution < 1.29 is 28.7 Å². The van der Waals surface area contributed by atoms with Gasteiger partial charge in [0.1, 0.15) is 13.1 Å². The summed E-state index contributed by atoms with van der Waals surface area (Å²) >= 11 is 0. The van der Waals surface area contributed by atoms with Gasteiger partial charge in [-0.3, -0.25) is 24.6 Å². The van der Waals surface area contributed by atoms with Gasteiger partial charge in [0.05, 0.1) is 0 Å². The zero-order valence-corrected chi connectivity index (χ0v) is 14.9. The third kappa shape index (κ3) is 5.17. The fraction of sp³-hybridized carbons (Fsp3) is 0.688. The number of esters is 1. The summed E-state index contributed by atoms with van der Waals surface area (Å²) in [4.78, 5) is 60.8. The van der Waals surface area contributed by atoms with Gasteiger partial charge in [0.25, 0.3) is 11.8 Å². The van der Waals surface area contributed by atoms with Crippen LogP contribution in [-0.4, -0.2) is 71.9 Å². The highest BCUT2D eigenvalue weighted by atomic mass is 16.5. The Morgan fingerprint density at radius 1 is 1.19 bits per heavy atom. The molecule has 6 amide bonds. The molecule has 0 spiro atoms. The van der Waals surface area contributed by atoms with Crippen LogP contribution in [0.5, 0.6) is 0 Å². The number of rotatable bonds is 5. The van der Waals surface area contributed by atoms with E-state index in [1.54, 1.807) is 0 Å². The van der Waals surface area contributed by atoms with Crippen LogP contribution >= 0.6 is 0 Å². The van der Waals surface area contributed by atoms with Gasteiger partial charge in [0, 0.05) is 13.1 Å². The number of amides is 6. The predicted molar refractivity (Wildman–Crippen MR) is 88.8 cm³/mol. The Morgan fingerprint density at radius 3 is 2.42 bits per heavy atom. The average molecular weight is 368 g/mol. The maximum atomic E-state index is 11.9. The Balaban J connectivity index is 1.75. The summed E-state index contributed by atoms with van der Waals surface area (Å²) in [5, 5.41) is 4.85. The van der Waals surface area contributed by atoms with E-state index in [9.17, 15) is 24.0 Å². The zero-order valence-electron chi connectivity index (χ0n) is 14.9. The first-order valence-electron chi connectivity index (χ1n) is 8.64. The molecule has 2 aliphatic rings. The van der Waals surface area contributed by atoms with E-state index in [1.165, 1.54) is 18.9 Å². The van der Waals surface area contributed by atoms with Crippen LogP contribution in [0.25, 0.3) is 0 Å². The molecule has 2 fully saturated rings. The zero-order chi connectivity index (χ0) is 19.3. The molecule has 1 saturated carbocycles. The topological polar surface area (TPSA) is 125 Å². The third-order valence-corrected chi connectivity index (χ3v) is 4.37. The van der Waals surface area contributed by atoms with Crippen molar-refractivity contribution >= 4 is 29.8 Å². The summed E-state index contributed by atoms with van der Waals surface area (Å²) in [6, 6.07) is -1.19. The van der Waals surface area contributed by atoms with Crippen molar-refractivity contribution in [1.82, 2.24) is 20.4 Å². The molecule has 1 atom stereocenters. The summed E-state index contributed by atoms with van der Waals surface area (Å²) in [5.41, 5.74) is 0. The van der Waals surface area contributed by atoms with Crippen molar-refractivity contribution in [3.63, 3.8) is 0 Å². The van der Waals surface area contributed by atoms with Crippen LogP contribution < -0.4 is 10.6 Å². The Bertz CT molecular complexity index is 602. The lowest BCUT2D eigenvalue weighted by molar-refractivity contribution is -0.156. The van der Waals surface area contributed by atoms with E-state index in [0.29, 0.717) is 0 Å². The maximum absolute atomic E-state index is 11.9. The average Bonchev–Trinajstić information content (AvgIpc) is 2.81. The van der Waals surface area contributed by atoms with Gasteiger partial charge in [-0.25, -0.2) is 9.59 Å². The number of likely N-dealkylation sites (N-methyl/N-ethyl adjacent to an activating group) is 1. The summed E-state index contributed by atoms with van der Waals surface area (Å²) < 4.78 is 4.90. The molecule has 2 rings (SSSR count). The van der Waals surface area contributed by atoms with E-state index < -0.39 is 42.5 Å². The van der Waals surface area contributed by atoms with Crippen LogP contribution in [0.3, 0.4) is 0 Å². The van der Waals surface area contributed by atoms with Crippen LogP contribution in [0.1, 0.15) is 39.0 Å². The lowest BCUT2D eigenvalue weighted by atomic mass is 9.96. The lowest BCUT2D eigenvalue weighted by Gasteiger charge is -2.23. The SMILES string of the molecule is C[C@H](OC(=O)CN1C(=O)CN(C)C1=O)C(=O)NC(=O)NC1CCCCC1. The standard InChI is InChI=1S/C16H24N4O6/c1-10(14(23)18-15(24)17-11-6-4-3-5-7-11)26-13(22)9-20-12(21)8-19(2)16(20)25/h10-11H,3-9H2,1-2H3,(H2,17,18,23,24)/t10-/m0/s1. The van der Waals surface area contributed by atoms with E-state index >= 15 is 0 Å². The van der Waals surface area contributed by atoms with Crippen LogP contribution in [0.2, 0.25) is 0 Å². The number of hydrogen-bond acceptors (Lipinski definition) is 6. The Kier molecular flexibility index (Phi) is 6.53. The number of carbonyl (C=O) groups is 5. The molecular weight excluding hydrogens is 344 g/mol. The first kappa shape index (κ1) is 19.7. The minimum absolute atomic E-state index is 0.0404. The summed E-state index contributed by atoms with van der Waals surface area (Å²) in [6.45, 7) is 0.623. The fourth-order valence-electron chi connectivity index (χ4n) is 2.92. The number of nitrogens with zero attached hydrogens (tertiary/aromatic N) is 2. The molecule has 10 heteroatoms. The van der Waals surface area contributed by atoms with Gasteiger partial charge < -0.3 is 15.0 Å². The highest BCUT2D eigenvalue weighted by Gasteiger charge is 2.35. The number of ether oxygens (including phenoxy) is 1. The smallest absolute Gasteiger partial charge is 0.327 e. The van der Waals surface area contributed by atoms with E-state index in [4.69, 9.17) is 4.74 Å². The van der Waals surface area contributed by atoms with Gasteiger partial charge in [0.15, 0.2) is 6.10 Å². The quantitative estimate of drug-likeness (QED) is 0.519. The molecule has 144 valence electrons. The number of imide groups is 2. The van der Waals surface area contributed by atoms with Gasteiger partial charge in [-0.05, 0) is 19.8 Å². The first-order valence-corrected chi connectivity index (χ1v) is 8.64. The van der Waals surface area contributed by atoms with E-state index in [-0.39, 0.29) is 12.6 Å². The fourth-order valence-corrected chi connectivity index (χ4v) is 2.92. The van der Waals surface area contributed by atoms with E-state index in [2.05, 4.69) is 10.6 Å². The third-order valence-electron chi connectivity index (χ3n) is 4.37. The van der Waals surface area contributed by atoms with Crippen LogP contribution in [-0.2, 0) is 19.1 Å². The molecule has 0 unspecified atom stereocenters. The number of nitrogens with one attached hydrogen (secondary N) is 2. The highest BCUT2D eigenvalue weighted by molar-refractivity contribution is 6.04. The molecule has 2 N–H and O–H groups in total. The second-order valence-electron chi connectivity index (χ2n) is 6.55. The normalized spacial score (nSPS) is 19.3. The minimum Gasteiger partial charge on any atom is -0.451 e. The van der Waals surface area contributed by atoms with Gasteiger partial charge in [-0.2, -0.15) is 0 Å². The maximum Gasteiger partial charge on any atom is 0.327 e. The highest BCUT2D eigenvalue weighted by Crippen LogP contribution is 2.17. The molecule has 1 saturated heterocycles. The number of urea groups is 2. The van der Waals surface area contributed by atoms with Crippen LogP contribution in [0.4, 0.5) is 9.59 Å². The van der Waals surface area contributed by atoms with Crippen molar-refractivity contribution in [2.45, 2.75) is 51.2 Å². The molecule has 1 aliphatic heterocycles. The molecule has 1 aliphatic carbocycles. The van der Waals surface area contributed by atoms with Gasteiger partial charge in [0.2, 0.25) is 0 Å². The first-order chi connectivity index (χ1) is 12.3.